The fourth-order valence-corrected chi connectivity index (χ4v) is 3.82. The molecule has 0 atom stereocenters. The van der Waals surface area contributed by atoms with Gasteiger partial charge in [0.2, 0.25) is 0 Å². The number of pyridine rings is 1. The van der Waals surface area contributed by atoms with Gasteiger partial charge in [-0.2, -0.15) is 0 Å². The first-order valence-corrected chi connectivity index (χ1v) is 11.5. The highest BCUT2D eigenvalue weighted by atomic mass is 19.2. The molecular formula is C28H25F4N3O3. The second-order valence-electron chi connectivity index (χ2n) is 8.21. The van der Waals surface area contributed by atoms with Crippen LogP contribution < -0.4 is 24.8 Å². The van der Waals surface area contributed by atoms with Gasteiger partial charge in [0, 0.05) is 36.9 Å². The lowest BCUT2D eigenvalue weighted by Crippen LogP contribution is -2.08. The molecule has 1 aromatic heterocycles. The number of rotatable bonds is 10. The Kier molecular flexibility index (Phi) is 8.20. The molecule has 0 radical (unpaired) electrons. The third kappa shape index (κ3) is 5.74. The predicted molar refractivity (Wildman–Crippen MR) is 136 cm³/mol. The molecule has 1 heterocycles. The van der Waals surface area contributed by atoms with Gasteiger partial charge >= 0.3 is 0 Å². The highest BCUT2D eigenvalue weighted by Gasteiger charge is 2.18. The number of aromatic nitrogens is 1. The van der Waals surface area contributed by atoms with Crippen LogP contribution in [-0.4, -0.2) is 26.3 Å². The standard InChI is InChI=1S/C28H25F4N3O3/c1-36-19-7-9-22(21(29)13-19)35-23-8-5-16(25(30)27(23)32)12-17-10-11-33-28(26(17)31)34-15-18-4-6-20(37-2)14-24(18)38-3/h4-11,13-14,35H,12,15H2,1-3H3,(H,33,34). The monoisotopic (exact) mass is 527 g/mol. The summed E-state index contributed by atoms with van der Waals surface area (Å²) in [4.78, 5) is 4.03. The Morgan fingerprint density at radius 1 is 0.684 bits per heavy atom. The summed E-state index contributed by atoms with van der Waals surface area (Å²) in [6.45, 7) is 0.200. The van der Waals surface area contributed by atoms with E-state index >= 15 is 4.39 Å². The number of ether oxygens (including phenoxy) is 3. The molecule has 198 valence electrons. The molecule has 0 aliphatic rings. The fraction of sp³-hybridized carbons (Fsp3) is 0.179. The van der Waals surface area contributed by atoms with Crippen LogP contribution in [0.1, 0.15) is 16.7 Å². The van der Waals surface area contributed by atoms with Crippen LogP contribution in [-0.2, 0) is 13.0 Å². The van der Waals surface area contributed by atoms with E-state index in [1.807, 2.05) is 0 Å². The summed E-state index contributed by atoms with van der Waals surface area (Å²) in [5.41, 5.74) is 0.465. The van der Waals surface area contributed by atoms with Gasteiger partial charge in [0.15, 0.2) is 23.3 Å². The number of nitrogens with zero attached hydrogens (tertiary/aromatic N) is 1. The van der Waals surface area contributed by atoms with Gasteiger partial charge in [0.1, 0.15) is 23.1 Å². The molecule has 10 heteroatoms. The van der Waals surface area contributed by atoms with Crippen molar-refractivity contribution in [2.45, 2.75) is 13.0 Å². The normalized spacial score (nSPS) is 10.7. The van der Waals surface area contributed by atoms with Gasteiger partial charge in [-0.1, -0.05) is 6.07 Å². The van der Waals surface area contributed by atoms with Crippen molar-refractivity contribution < 1.29 is 31.8 Å². The molecule has 4 aromatic rings. The minimum Gasteiger partial charge on any atom is -0.497 e. The van der Waals surface area contributed by atoms with Crippen molar-refractivity contribution in [3.05, 3.63) is 101 Å². The van der Waals surface area contributed by atoms with Crippen LogP contribution in [0.4, 0.5) is 34.8 Å². The molecule has 0 fully saturated rings. The Bertz CT molecular complexity index is 1450. The molecule has 0 amide bonds. The minimum absolute atomic E-state index is 0.0467. The van der Waals surface area contributed by atoms with Crippen molar-refractivity contribution in [3.63, 3.8) is 0 Å². The molecule has 0 saturated carbocycles. The van der Waals surface area contributed by atoms with E-state index in [-0.39, 0.29) is 47.0 Å². The molecule has 0 unspecified atom stereocenters. The second kappa shape index (κ2) is 11.7. The Balaban J connectivity index is 1.51. The Labute approximate surface area is 217 Å². The topological polar surface area (TPSA) is 64.6 Å². The van der Waals surface area contributed by atoms with E-state index in [1.165, 1.54) is 57.9 Å². The molecule has 3 aromatic carbocycles. The number of benzene rings is 3. The lowest BCUT2D eigenvalue weighted by Gasteiger charge is -2.14. The van der Waals surface area contributed by atoms with Crippen LogP contribution in [0.3, 0.4) is 0 Å². The van der Waals surface area contributed by atoms with E-state index in [0.717, 1.165) is 11.6 Å². The summed E-state index contributed by atoms with van der Waals surface area (Å²) >= 11 is 0. The molecular weight excluding hydrogens is 502 g/mol. The molecule has 0 spiro atoms. The summed E-state index contributed by atoms with van der Waals surface area (Å²) in [6, 6.07) is 13.2. The van der Waals surface area contributed by atoms with Gasteiger partial charge in [-0.3, -0.25) is 0 Å². The zero-order valence-corrected chi connectivity index (χ0v) is 20.9. The maximum absolute atomic E-state index is 15.2. The van der Waals surface area contributed by atoms with Crippen LogP contribution in [0.2, 0.25) is 0 Å². The number of hydrogen-bond acceptors (Lipinski definition) is 6. The van der Waals surface area contributed by atoms with Crippen LogP contribution in [0.5, 0.6) is 17.2 Å². The molecule has 2 N–H and O–H groups in total. The number of hydrogen-bond donors (Lipinski definition) is 2. The zero-order valence-electron chi connectivity index (χ0n) is 20.9. The first-order chi connectivity index (χ1) is 18.3. The smallest absolute Gasteiger partial charge is 0.182 e. The second-order valence-corrected chi connectivity index (χ2v) is 8.21. The molecule has 0 aliphatic heterocycles. The largest absolute Gasteiger partial charge is 0.497 e. The van der Waals surface area contributed by atoms with Crippen LogP contribution >= 0.6 is 0 Å². The van der Waals surface area contributed by atoms with E-state index < -0.39 is 23.3 Å². The van der Waals surface area contributed by atoms with Crippen molar-refractivity contribution in [1.82, 2.24) is 4.98 Å². The molecule has 0 aliphatic carbocycles. The van der Waals surface area contributed by atoms with Gasteiger partial charge < -0.3 is 24.8 Å². The van der Waals surface area contributed by atoms with Gasteiger partial charge in [0.05, 0.1) is 32.7 Å². The summed E-state index contributed by atoms with van der Waals surface area (Å²) in [5.74, 6) is -2.37. The molecule has 38 heavy (non-hydrogen) atoms. The summed E-state index contributed by atoms with van der Waals surface area (Å²) in [5, 5.41) is 5.45. The van der Waals surface area contributed by atoms with Crippen LogP contribution in [0.15, 0.2) is 60.8 Å². The maximum Gasteiger partial charge on any atom is 0.182 e. The third-order valence-corrected chi connectivity index (χ3v) is 5.90. The molecule has 0 saturated heterocycles. The van der Waals surface area contributed by atoms with Crippen molar-refractivity contribution in [2.24, 2.45) is 0 Å². The first kappa shape index (κ1) is 26.6. The zero-order chi connectivity index (χ0) is 27.2. The van der Waals surface area contributed by atoms with Crippen LogP contribution in [0, 0.1) is 23.3 Å². The summed E-state index contributed by atoms with van der Waals surface area (Å²) in [7, 11) is 4.44. The number of methoxy groups -OCH3 is 3. The van der Waals surface area contributed by atoms with Crippen molar-refractivity contribution in [1.29, 1.82) is 0 Å². The average molecular weight is 528 g/mol. The Morgan fingerprint density at radius 2 is 1.34 bits per heavy atom. The maximum atomic E-state index is 15.2. The Morgan fingerprint density at radius 3 is 2.05 bits per heavy atom. The minimum atomic E-state index is -1.21. The van der Waals surface area contributed by atoms with Gasteiger partial charge in [-0.15, -0.1) is 0 Å². The van der Waals surface area contributed by atoms with E-state index in [1.54, 1.807) is 18.2 Å². The summed E-state index contributed by atoms with van der Waals surface area (Å²) in [6.07, 6.45) is 1.15. The van der Waals surface area contributed by atoms with Gasteiger partial charge in [0.25, 0.3) is 0 Å². The van der Waals surface area contributed by atoms with Gasteiger partial charge in [-0.05, 0) is 47.5 Å². The van der Waals surface area contributed by atoms with E-state index in [4.69, 9.17) is 14.2 Å². The van der Waals surface area contributed by atoms with Crippen molar-refractivity contribution in [3.8, 4) is 17.2 Å². The van der Waals surface area contributed by atoms with E-state index in [9.17, 15) is 13.2 Å². The van der Waals surface area contributed by atoms with E-state index in [0.29, 0.717) is 11.5 Å². The quantitative estimate of drug-likeness (QED) is 0.226. The lowest BCUT2D eigenvalue weighted by molar-refractivity contribution is 0.391. The number of halogens is 4. The van der Waals surface area contributed by atoms with Gasteiger partial charge in [-0.25, -0.2) is 22.5 Å². The summed E-state index contributed by atoms with van der Waals surface area (Å²) < 4.78 is 74.6. The molecule has 4 rings (SSSR count). The number of anilines is 3. The highest BCUT2D eigenvalue weighted by molar-refractivity contribution is 5.62. The third-order valence-electron chi connectivity index (χ3n) is 5.90. The number of nitrogens with one attached hydrogen (secondary N) is 2. The predicted octanol–water partition coefficient (Wildman–Crippen LogP) is 6.61. The lowest BCUT2D eigenvalue weighted by atomic mass is 10.0. The Hall–Kier alpha value is -4.47. The highest BCUT2D eigenvalue weighted by Crippen LogP contribution is 2.30. The molecule has 6 nitrogen and oxygen atoms in total. The van der Waals surface area contributed by atoms with E-state index in [2.05, 4.69) is 15.6 Å². The van der Waals surface area contributed by atoms with Crippen LogP contribution in [0.25, 0.3) is 0 Å². The fourth-order valence-electron chi connectivity index (χ4n) is 3.82. The van der Waals surface area contributed by atoms with Crippen molar-refractivity contribution >= 4 is 17.2 Å². The average Bonchev–Trinajstić information content (AvgIpc) is 2.93. The van der Waals surface area contributed by atoms with Crippen molar-refractivity contribution in [2.75, 3.05) is 32.0 Å². The molecule has 0 bridgehead atoms. The SMILES string of the molecule is COc1ccc(Nc2ccc(Cc3ccnc(NCc4ccc(OC)cc4OC)c3F)c(F)c2F)c(F)c1. The first-order valence-electron chi connectivity index (χ1n) is 11.5.